The number of benzene rings is 4. The van der Waals surface area contributed by atoms with Gasteiger partial charge in [0.05, 0.1) is 0 Å². The molecule has 2 nitrogen and oxygen atoms in total. The molecule has 0 bridgehead atoms. The van der Waals surface area contributed by atoms with E-state index in [2.05, 4.69) is 8.93 Å². The lowest BCUT2D eigenvalue weighted by molar-refractivity contribution is 0.592. The Morgan fingerprint density at radius 3 is 1.70 bits per heavy atom. The van der Waals surface area contributed by atoms with E-state index in [4.69, 9.17) is 0 Å². The lowest BCUT2D eigenvalue weighted by Crippen LogP contribution is -2.27. The lowest BCUT2D eigenvalue weighted by atomic mass is 10.1. The third kappa shape index (κ3) is 3.24. The van der Waals surface area contributed by atoms with Crippen LogP contribution in [-0.4, -0.2) is 0 Å². The van der Waals surface area contributed by atoms with Gasteiger partial charge in [-0.1, -0.05) is 106 Å². The third-order valence-corrected chi connectivity index (χ3v) is 9.71. The number of rotatable bonds is 4. The van der Waals surface area contributed by atoms with Gasteiger partial charge in [-0.2, -0.15) is 0 Å². The zero-order valence-corrected chi connectivity index (χ0v) is 17.6. The fraction of sp³-hybridized carbons (Fsp3) is 0. The summed E-state index contributed by atoms with van der Waals surface area (Å²) in [5.41, 5.74) is 0. The van der Waals surface area contributed by atoms with Crippen LogP contribution in [0.4, 0.5) is 0 Å². The van der Waals surface area contributed by atoms with Crippen LogP contribution in [0.3, 0.4) is 0 Å². The van der Waals surface area contributed by atoms with Gasteiger partial charge in [0.15, 0.2) is 7.14 Å². The molecule has 4 aromatic rings. The van der Waals surface area contributed by atoms with E-state index in [0.29, 0.717) is 0 Å². The summed E-state index contributed by atoms with van der Waals surface area (Å²) >= 11 is 0. The molecule has 0 saturated heterocycles. The van der Waals surface area contributed by atoms with Gasteiger partial charge < -0.3 is 9.13 Å². The van der Waals surface area contributed by atoms with E-state index in [0.717, 1.165) is 32.0 Å². The minimum atomic E-state index is -3.12. The Balaban J connectivity index is 2.15. The molecule has 4 rings (SSSR count). The second-order valence-corrected chi connectivity index (χ2v) is 11.9. The first kappa shape index (κ1) is 18.4. The van der Waals surface area contributed by atoms with Gasteiger partial charge in [0.2, 0.25) is 0 Å². The molecule has 0 amide bonds. The highest BCUT2D eigenvalue weighted by atomic mass is 32.0. The van der Waals surface area contributed by atoms with Crippen molar-refractivity contribution in [2.75, 3.05) is 0 Å². The van der Waals surface area contributed by atoms with Crippen LogP contribution in [0.1, 0.15) is 0 Å². The minimum Gasteiger partial charge on any atom is -0.318 e. The number of fused-ring (bicyclic) bond motifs is 1. The summed E-state index contributed by atoms with van der Waals surface area (Å²) in [6, 6.07) is 30.8. The van der Waals surface area contributed by atoms with Crippen LogP contribution >= 0.6 is 23.6 Å². The Morgan fingerprint density at radius 2 is 1.19 bits per heavy atom. The monoisotopic (exact) mass is 408 g/mol. The van der Waals surface area contributed by atoms with Gasteiger partial charge in [0, 0.05) is 26.6 Å². The van der Waals surface area contributed by atoms with E-state index < -0.39 is 14.6 Å². The lowest BCUT2D eigenvalue weighted by Gasteiger charge is -2.22. The predicted molar refractivity (Wildman–Crippen MR) is 122 cm³/mol. The van der Waals surface area contributed by atoms with Gasteiger partial charge in [0.25, 0.3) is 0 Å². The maximum atomic E-state index is 14.7. The van der Waals surface area contributed by atoms with Gasteiger partial charge in [0.1, 0.15) is 7.49 Å². The predicted octanol–water partition coefficient (Wildman–Crippen LogP) is 4.45. The van der Waals surface area contributed by atoms with E-state index in [-0.39, 0.29) is 0 Å². The van der Waals surface area contributed by atoms with Gasteiger partial charge in [-0.05, 0) is 5.39 Å². The summed E-state index contributed by atoms with van der Waals surface area (Å²) in [6.45, 7) is 0. The molecule has 0 radical (unpaired) electrons. The van der Waals surface area contributed by atoms with Crippen molar-refractivity contribution in [3.63, 3.8) is 0 Å². The molecule has 4 aromatic carbocycles. The summed E-state index contributed by atoms with van der Waals surface area (Å²) in [5.74, 6) is 0. The number of hydrogen-bond acceptors (Lipinski definition) is 2. The van der Waals surface area contributed by atoms with Crippen LogP contribution in [0.2, 0.25) is 0 Å². The molecule has 2 unspecified atom stereocenters. The summed E-state index contributed by atoms with van der Waals surface area (Å²) in [4.78, 5) is 0. The van der Waals surface area contributed by atoms with Gasteiger partial charge in [-0.15, -0.1) is 0 Å². The van der Waals surface area contributed by atoms with Crippen molar-refractivity contribution in [2.45, 2.75) is 0 Å². The fourth-order valence-electron chi connectivity index (χ4n) is 3.49. The van der Waals surface area contributed by atoms with E-state index >= 15 is 0 Å². The molecule has 0 aromatic heterocycles. The topological polar surface area (TPSA) is 34.1 Å². The summed E-state index contributed by atoms with van der Waals surface area (Å²) in [6.07, 6.45) is 0. The first-order valence-corrected chi connectivity index (χ1v) is 13.6. The van der Waals surface area contributed by atoms with Crippen molar-refractivity contribution in [2.24, 2.45) is 0 Å². The molecule has 0 fully saturated rings. The zero-order chi connectivity index (χ0) is 18.9. The quantitative estimate of drug-likeness (QED) is 0.468. The van der Waals surface area contributed by atoms with Crippen LogP contribution in [0.25, 0.3) is 10.8 Å². The van der Waals surface area contributed by atoms with E-state index in [1.807, 2.05) is 97.1 Å². The molecule has 2 atom stereocenters. The smallest absolute Gasteiger partial charge is 0.171 e. The van der Waals surface area contributed by atoms with Crippen LogP contribution in [-0.2, 0) is 9.13 Å². The Bertz CT molecular complexity index is 1120. The average Bonchev–Trinajstić information content (AvgIpc) is 2.73. The second-order valence-electron chi connectivity index (χ2n) is 6.33. The molecule has 0 aliphatic heterocycles. The molecule has 5 heteroatoms. The van der Waals surface area contributed by atoms with Crippen molar-refractivity contribution in [3.8, 4) is 0 Å². The molecule has 0 spiro atoms. The van der Waals surface area contributed by atoms with Gasteiger partial charge in [-0.25, -0.2) is 0 Å². The summed E-state index contributed by atoms with van der Waals surface area (Å²) in [5, 5.41) is 4.86. The zero-order valence-electron chi connectivity index (χ0n) is 14.6. The first-order valence-electron chi connectivity index (χ1n) is 8.66. The molecule has 27 heavy (non-hydrogen) atoms. The third-order valence-electron chi connectivity index (χ3n) is 4.73. The van der Waals surface area contributed by atoms with Gasteiger partial charge in [-0.3, -0.25) is 0 Å². The summed E-state index contributed by atoms with van der Waals surface area (Å²) in [7, 11) is -2.73. The minimum absolute atomic E-state index is 0.744. The molecule has 0 saturated carbocycles. The van der Waals surface area contributed by atoms with Crippen LogP contribution < -0.4 is 21.2 Å². The summed E-state index contributed by atoms with van der Waals surface area (Å²) < 4.78 is 27.2. The molecular formula is C22H19O2P3. The second kappa shape index (κ2) is 7.57. The first-order chi connectivity index (χ1) is 13.1. The molecule has 0 N–H and O–H groups in total. The highest BCUT2D eigenvalue weighted by molar-refractivity contribution is 8.10. The van der Waals surface area contributed by atoms with E-state index in [1.165, 1.54) is 0 Å². The molecule has 0 aliphatic rings. The van der Waals surface area contributed by atoms with E-state index in [1.54, 1.807) is 0 Å². The number of hydrogen-bond donors (Lipinski definition) is 0. The molecular weight excluding hydrogens is 389 g/mol. The highest BCUT2D eigenvalue weighted by Gasteiger charge is 2.32. The van der Waals surface area contributed by atoms with Gasteiger partial charge >= 0.3 is 0 Å². The average molecular weight is 408 g/mol. The fourth-order valence-corrected chi connectivity index (χ4v) is 8.00. The van der Waals surface area contributed by atoms with Crippen molar-refractivity contribution >= 4 is 55.6 Å². The van der Waals surface area contributed by atoms with Crippen LogP contribution in [0, 0.1) is 0 Å². The van der Waals surface area contributed by atoms with Crippen LogP contribution in [0.15, 0.2) is 97.1 Å². The van der Waals surface area contributed by atoms with Crippen molar-refractivity contribution < 1.29 is 9.13 Å². The Hall–Kier alpha value is -1.97. The van der Waals surface area contributed by atoms with E-state index in [9.17, 15) is 9.13 Å². The standard InChI is InChI=1S/C22H19O2P3/c23-26(25)20-15-7-9-17-10-8-16-21(22(17)20)27(24,18-11-3-1-4-12-18)19-13-5-2-6-14-19/h1-16,26H,25H2. The molecule has 0 aliphatic carbocycles. The molecule has 0 heterocycles. The Labute approximate surface area is 161 Å². The van der Waals surface area contributed by atoms with Crippen molar-refractivity contribution in [1.82, 2.24) is 0 Å². The normalized spacial score (nSPS) is 12.8. The Morgan fingerprint density at radius 1 is 0.667 bits per heavy atom. The maximum absolute atomic E-state index is 14.7. The largest absolute Gasteiger partial charge is 0.318 e. The van der Waals surface area contributed by atoms with Crippen molar-refractivity contribution in [3.05, 3.63) is 97.1 Å². The van der Waals surface area contributed by atoms with Crippen molar-refractivity contribution in [1.29, 1.82) is 0 Å². The maximum Gasteiger partial charge on any atom is 0.171 e. The Kier molecular flexibility index (Phi) is 5.16. The molecule has 134 valence electrons. The SMILES string of the molecule is O=[PH](P)c1cccc2cccc(P(=O)(c3ccccc3)c3ccccc3)c12. The van der Waals surface area contributed by atoms with Crippen LogP contribution in [0.5, 0.6) is 0 Å². The highest BCUT2D eigenvalue weighted by Crippen LogP contribution is 2.45.